The number of hydrogen-bond donors (Lipinski definition) is 3. The Balaban J connectivity index is 1.81. The van der Waals surface area contributed by atoms with Crippen LogP contribution in [-0.4, -0.2) is 34.5 Å². The zero-order chi connectivity index (χ0) is 24.7. The van der Waals surface area contributed by atoms with E-state index in [0.717, 1.165) is 0 Å². The van der Waals surface area contributed by atoms with E-state index in [4.69, 9.17) is 48.1 Å². The second-order valence-electron chi connectivity index (χ2n) is 7.65. The fraction of sp³-hybridized carbons (Fsp3) is 0.174. The molecule has 1 aliphatic rings. The molecule has 0 aliphatic carbocycles. The second kappa shape index (κ2) is 8.81. The van der Waals surface area contributed by atoms with Crippen LogP contribution in [-0.2, 0) is 10.6 Å². The van der Waals surface area contributed by atoms with Gasteiger partial charge in [-0.15, -0.1) is 5.10 Å². The Morgan fingerprint density at radius 3 is 2.57 bits per heavy atom. The summed E-state index contributed by atoms with van der Waals surface area (Å²) in [6.45, 7) is 1.69. The molecule has 4 aromatic rings. The number of nitrogens with zero attached hydrogens (tertiary/aromatic N) is 4. The molecule has 2 aromatic carbocycles. The summed E-state index contributed by atoms with van der Waals surface area (Å²) in [6, 6.07) is 10.5. The zero-order valence-corrected chi connectivity index (χ0v) is 20.5. The largest absolute Gasteiger partial charge is 0.497 e. The molecule has 0 spiro atoms. The zero-order valence-electron chi connectivity index (χ0n) is 19.0. The molecule has 1 aliphatic heterocycles. The molecule has 3 heterocycles. The van der Waals surface area contributed by atoms with Gasteiger partial charge in [0.15, 0.2) is 0 Å². The minimum atomic E-state index is -1.51. The monoisotopic (exact) mass is 513 g/mol. The highest BCUT2D eigenvalue weighted by atomic mass is 35.5. The van der Waals surface area contributed by atoms with Crippen molar-refractivity contribution in [2.45, 2.75) is 12.8 Å². The van der Waals surface area contributed by atoms with Crippen molar-refractivity contribution >= 4 is 46.4 Å². The number of anilines is 2. The van der Waals surface area contributed by atoms with Crippen LogP contribution in [0.5, 0.6) is 11.5 Å². The topological polar surface area (TPSA) is 120 Å². The third kappa shape index (κ3) is 3.95. The van der Waals surface area contributed by atoms with Gasteiger partial charge in [0.05, 0.1) is 41.1 Å². The highest BCUT2D eigenvalue weighted by Gasteiger charge is 2.40. The molecule has 12 heteroatoms. The molecule has 0 saturated heterocycles. The lowest BCUT2D eigenvalue weighted by atomic mass is 9.98. The molecule has 0 amide bonds. The van der Waals surface area contributed by atoms with Crippen LogP contribution in [0.3, 0.4) is 0 Å². The maximum atomic E-state index is 6.63. The Labute approximate surface area is 210 Å². The molecule has 10 nitrogen and oxygen atoms in total. The number of hydrogen-bond acceptors (Lipinski definition) is 9. The number of aromatic nitrogens is 3. The van der Waals surface area contributed by atoms with Crippen LogP contribution in [0.4, 0.5) is 11.5 Å². The van der Waals surface area contributed by atoms with Gasteiger partial charge in [0.1, 0.15) is 23.0 Å². The molecule has 1 unspecified atom stereocenters. The molecular formula is C23H21Cl2N7O3. The van der Waals surface area contributed by atoms with Crippen molar-refractivity contribution in [1.82, 2.24) is 19.8 Å². The van der Waals surface area contributed by atoms with E-state index < -0.39 is 5.85 Å². The molecule has 1 atom stereocenters. The van der Waals surface area contributed by atoms with Crippen molar-refractivity contribution < 1.29 is 14.2 Å². The smallest absolute Gasteiger partial charge is 0.280 e. The number of nitrogens with two attached hydrogens (primary N) is 1. The number of methoxy groups -OCH3 is 2. The molecule has 180 valence electrons. The molecule has 0 radical (unpaired) electrons. The molecule has 35 heavy (non-hydrogen) atoms. The molecule has 5 rings (SSSR count). The van der Waals surface area contributed by atoms with E-state index in [1.54, 1.807) is 68.1 Å². The Bertz CT molecular complexity index is 1450. The number of benzene rings is 2. The van der Waals surface area contributed by atoms with Gasteiger partial charge in [0.2, 0.25) is 11.7 Å². The number of para-hydroxylation sites is 1. The van der Waals surface area contributed by atoms with Crippen molar-refractivity contribution in [3.05, 3.63) is 64.4 Å². The van der Waals surface area contributed by atoms with Crippen molar-refractivity contribution in [1.29, 1.82) is 0 Å². The van der Waals surface area contributed by atoms with E-state index in [1.165, 1.54) is 0 Å². The van der Waals surface area contributed by atoms with Gasteiger partial charge < -0.3 is 19.5 Å². The average Bonchev–Trinajstić information content (AvgIpc) is 3.40. The summed E-state index contributed by atoms with van der Waals surface area (Å²) < 4.78 is 18.9. The highest BCUT2D eigenvalue weighted by molar-refractivity contribution is 6.39. The van der Waals surface area contributed by atoms with Crippen LogP contribution >= 0.6 is 23.2 Å². The first-order valence-corrected chi connectivity index (χ1v) is 11.2. The summed E-state index contributed by atoms with van der Waals surface area (Å²) in [7, 11) is 3.09. The van der Waals surface area contributed by atoms with Crippen LogP contribution in [0, 0.1) is 0 Å². The Hall–Kier alpha value is -3.73. The lowest BCUT2D eigenvalue weighted by molar-refractivity contribution is 0.0517. The maximum absolute atomic E-state index is 6.63. The normalized spacial score (nSPS) is 17.0. The van der Waals surface area contributed by atoms with Gasteiger partial charge in [0, 0.05) is 25.4 Å². The van der Waals surface area contributed by atoms with E-state index in [0.29, 0.717) is 61.5 Å². The standard InChI is InChI=1S/C23H21Cl2N7O3/c1-12-30-31-23(26,35-12)14-10-13(33-2)11-17(34-3)18(14)20-21(32-9-5-8-27-22(32)29-20)28-19-15(24)6-4-7-16(19)25/h4-11,28,31H,26H2,1-3H3. The maximum Gasteiger partial charge on any atom is 0.280 e. The number of imidazole rings is 1. The third-order valence-corrected chi connectivity index (χ3v) is 6.10. The Kier molecular flexibility index (Phi) is 5.79. The van der Waals surface area contributed by atoms with Crippen molar-refractivity contribution in [2.24, 2.45) is 10.8 Å². The van der Waals surface area contributed by atoms with Gasteiger partial charge in [-0.05, 0) is 24.3 Å². The first kappa shape index (κ1) is 23.0. The number of hydrazone groups is 1. The molecule has 0 saturated carbocycles. The summed E-state index contributed by atoms with van der Waals surface area (Å²) in [4.78, 5) is 9.19. The van der Waals surface area contributed by atoms with Crippen LogP contribution in [0.1, 0.15) is 12.5 Å². The van der Waals surface area contributed by atoms with E-state index in [9.17, 15) is 0 Å². The van der Waals surface area contributed by atoms with E-state index in [-0.39, 0.29) is 0 Å². The van der Waals surface area contributed by atoms with Crippen LogP contribution in [0.25, 0.3) is 17.0 Å². The van der Waals surface area contributed by atoms with Crippen LogP contribution < -0.4 is 25.9 Å². The molecule has 4 N–H and O–H groups in total. The number of ether oxygens (including phenoxy) is 3. The van der Waals surface area contributed by atoms with Gasteiger partial charge in [-0.1, -0.05) is 29.3 Å². The van der Waals surface area contributed by atoms with Gasteiger partial charge in [0.25, 0.3) is 5.85 Å². The second-order valence-corrected chi connectivity index (χ2v) is 8.47. The lowest BCUT2D eigenvalue weighted by Crippen LogP contribution is -2.47. The number of fused-ring (bicyclic) bond motifs is 1. The van der Waals surface area contributed by atoms with Crippen molar-refractivity contribution in [3.8, 4) is 22.8 Å². The summed E-state index contributed by atoms with van der Waals surface area (Å²) in [5.41, 5.74) is 11.5. The van der Waals surface area contributed by atoms with Crippen LogP contribution in [0.15, 0.2) is 53.9 Å². The lowest BCUT2D eigenvalue weighted by Gasteiger charge is -2.27. The van der Waals surface area contributed by atoms with Gasteiger partial charge in [-0.2, -0.15) is 0 Å². The number of nitrogens with one attached hydrogen (secondary N) is 2. The fourth-order valence-electron chi connectivity index (χ4n) is 3.88. The highest BCUT2D eigenvalue weighted by Crippen LogP contribution is 2.45. The van der Waals surface area contributed by atoms with Crippen molar-refractivity contribution in [3.63, 3.8) is 0 Å². The quantitative estimate of drug-likeness (QED) is 0.345. The van der Waals surface area contributed by atoms with E-state index in [1.807, 2.05) is 6.20 Å². The first-order valence-electron chi connectivity index (χ1n) is 10.4. The van der Waals surface area contributed by atoms with Gasteiger partial charge >= 0.3 is 0 Å². The molecule has 0 fully saturated rings. The first-order chi connectivity index (χ1) is 16.8. The fourth-order valence-corrected chi connectivity index (χ4v) is 4.37. The van der Waals surface area contributed by atoms with Gasteiger partial charge in [-0.3, -0.25) is 10.1 Å². The number of rotatable bonds is 6. The Morgan fingerprint density at radius 2 is 1.91 bits per heavy atom. The summed E-state index contributed by atoms with van der Waals surface area (Å²) >= 11 is 12.9. The van der Waals surface area contributed by atoms with Crippen LogP contribution in [0.2, 0.25) is 10.0 Å². The summed E-state index contributed by atoms with van der Waals surface area (Å²) in [5, 5.41) is 8.31. The van der Waals surface area contributed by atoms with Gasteiger partial charge in [-0.25, -0.2) is 15.4 Å². The minimum Gasteiger partial charge on any atom is -0.497 e. The van der Waals surface area contributed by atoms with Crippen molar-refractivity contribution in [2.75, 3.05) is 19.5 Å². The van der Waals surface area contributed by atoms with E-state index in [2.05, 4.69) is 20.8 Å². The minimum absolute atomic E-state index is 0.373. The predicted octanol–water partition coefficient (Wildman–Crippen LogP) is 4.49. The SMILES string of the molecule is COc1cc(OC)c(-c2nc3ncccn3c2Nc2c(Cl)cccc2Cl)c(C2(N)NN=C(C)O2)c1. The summed E-state index contributed by atoms with van der Waals surface area (Å²) in [6.07, 6.45) is 3.46. The average molecular weight is 514 g/mol. The molecule has 2 aromatic heterocycles. The number of halogens is 2. The molecule has 0 bridgehead atoms. The Morgan fingerprint density at radius 1 is 1.14 bits per heavy atom. The summed E-state index contributed by atoms with van der Waals surface area (Å²) in [5.74, 6) is 0.770. The molecular weight excluding hydrogens is 493 g/mol. The third-order valence-electron chi connectivity index (χ3n) is 5.47. The predicted molar refractivity (Wildman–Crippen MR) is 134 cm³/mol. The van der Waals surface area contributed by atoms with E-state index >= 15 is 0 Å².